The lowest BCUT2D eigenvalue weighted by molar-refractivity contribution is 0.593. The highest BCUT2D eigenvalue weighted by Gasteiger charge is 2.30. The van der Waals surface area contributed by atoms with E-state index in [1.807, 2.05) is 0 Å². The van der Waals surface area contributed by atoms with Crippen LogP contribution < -0.4 is 0 Å². The summed E-state index contributed by atoms with van der Waals surface area (Å²) in [7, 11) is 0. The van der Waals surface area contributed by atoms with E-state index in [1.165, 1.54) is 88.1 Å². The maximum atomic E-state index is 5.09. The fraction of sp³-hybridized carbons (Fsp3) is 0.0678. The van der Waals surface area contributed by atoms with Gasteiger partial charge in [-0.3, -0.25) is 4.40 Å². The van der Waals surface area contributed by atoms with Crippen molar-refractivity contribution in [3.63, 3.8) is 0 Å². The first kappa shape index (κ1) is 37.7. The quantitative estimate of drug-likeness (QED) is 0.157. The van der Waals surface area contributed by atoms with Crippen molar-refractivity contribution in [3.8, 4) is 77.9 Å². The predicted molar refractivity (Wildman–Crippen MR) is 265 cm³/mol. The molecule has 2 heterocycles. The molecule has 0 unspecified atom stereocenters. The van der Waals surface area contributed by atoms with Gasteiger partial charge in [-0.2, -0.15) is 0 Å². The standard InChI is InChI=1S/C59H44N2S/c1-59(2,3)46-37-38-49-57(62-58-60-47-31-19-20-32-48(47)61(49)58)50(46)44-33-35-45(36-34-44)56-54(42-27-15-7-16-28-42)52(40-23-11-5-12-24-40)51(39-21-9-4-10-22-39)53(41-25-13-6-14-26-41)55(56)43-29-17-8-18-30-43/h4-38H,1-3H3. The van der Waals surface area contributed by atoms with Crippen molar-refractivity contribution < 1.29 is 0 Å². The number of hydrogen-bond acceptors (Lipinski definition) is 2. The number of nitrogens with zero attached hydrogens (tertiary/aromatic N) is 2. The van der Waals surface area contributed by atoms with Gasteiger partial charge in [0, 0.05) is 5.56 Å². The molecule has 0 amide bonds. The van der Waals surface area contributed by atoms with E-state index in [9.17, 15) is 0 Å². The molecule has 0 atom stereocenters. The molecule has 0 aliphatic heterocycles. The van der Waals surface area contributed by atoms with Crippen LogP contribution in [-0.2, 0) is 5.41 Å². The molecule has 0 spiro atoms. The highest BCUT2D eigenvalue weighted by Crippen LogP contribution is 2.56. The van der Waals surface area contributed by atoms with Crippen LogP contribution in [0.15, 0.2) is 212 Å². The fourth-order valence-corrected chi connectivity index (χ4v) is 10.7. The normalized spacial score (nSPS) is 11.8. The molecule has 0 saturated heterocycles. The van der Waals surface area contributed by atoms with Gasteiger partial charge in [-0.15, -0.1) is 0 Å². The Labute approximate surface area is 367 Å². The summed E-state index contributed by atoms with van der Waals surface area (Å²) in [5, 5.41) is 0. The molecule has 9 aromatic carbocycles. The summed E-state index contributed by atoms with van der Waals surface area (Å²) in [5.74, 6) is 0. The number of thiazole rings is 1. The highest BCUT2D eigenvalue weighted by atomic mass is 32.1. The second-order valence-electron chi connectivity index (χ2n) is 17.1. The molecule has 0 N–H and O–H groups in total. The molecule has 2 nitrogen and oxygen atoms in total. The van der Waals surface area contributed by atoms with Crippen molar-refractivity contribution in [2.75, 3.05) is 0 Å². The first-order valence-corrected chi connectivity index (χ1v) is 22.2. The summed E-state index contributed by atoms with van der Waals surface area (Å²) >= 11 is 1.79. The lowest BCUT2D eigenvalue weighted by Gasteiger charge is -2.29. The number of benzene rings is 9. The van der Waals surface area contributed by atoms with Gasteiger partial charge in [0.2, 0.25) is 0 Å². The zero-order chi connectivity index (χ0) is 41.8. The summed E-state index contributed by atoms with van der Waals surface area (Å²) < 4.78 is 3.60. The Morgan fingerprint density at radius 2 is 0.677 bits per heavy atom. The lowest BCUT2D eigenvalue weighted by Crippen LogP contribution is -2.12. The van der Waals surface area contributed by atoms with Gasteiger partial charge in [-0.05, 0) is 102 Å². The van der Waals surface area contributed by atoms with Crippen LogP contribution in [0.5, 0.6) is 0 Å². The van der Waals surface area contributed by atoms with Gasteiger partial charge in [-0.25, -0.2) is 4.98 Å². The Kier molecular flexibility index (Phi) is 9.29. The smallest absolute Gasteiger partial charge is 0.195 e. The van der Waals surface area contributed by atoms with Crippen LogP contribution in [0.2, 0.25) is 0 Å². The first-order chi connectivity index (χ1) is 30.4. The molecule has 3 heteroatoms. The molecular weight excluding hydrogens is 769 g/mol. The van der Waals surface area contributed by atoms with E-state index in [0.29, 0.717) is 0 Å². The van der Waals surface area contributed by atoms with Crippen molar-refractivity contribution in [2.24, 2.45) is 0 Å². The summed E-state index contributed by atoms with van der Waals surface area (Å²) in [4.78, 5) is 6.11. The zero-order valence-electron chi connectivity index (χ0n) is 35.0. The highest BCUT2D eigenvalue weighted by molar-refractivity contribution is 7.24. The number of hydrogen-bond donors (Lipinski definition) is 0. The monoisotopic (exact) mass is 812 g/mol. The van der Waals surface area contributed by atoms with Gasteiger partial charge in [0.15, 0.2) is 4.96 Å². The first-order valence-electron chi connectivity index (χ1n) is 21.4. The lowest BCUT2D eigenvalue weighted by atomic mass is 9.74. The number of rotatable bonds is 7. The van der Waals surface area contributed by atoms with E-state index in [-0.39, 0.29) is 5.41 Å². The Morgan fingerprint density at radius 1 is 0.339 bits per heavy atom. The van der Waals surface area contributed by atoms with Crippen molar-refractivity contribution in [3.05, 3.63) is 218 Å². The minimum atomic E-state index is -0.0836. The summed E-state index contributed by atoms with van der Waals surface area (Å²) in [6.45, 7) is 6.97. The van der Waals surface area contributed by atoms with Gasteiger partial charge in [-0.1, -0.05) is 226 Å². The SMILES string of the molecule is CC(C)(C)c1ccc2c(sc3nc4ccccc4n32)c1-c1ccc(-c2c(-c3ccccc3)c(-c3ccccc3)c(-c3ccccc3)c(-c3ccccc3)c2-c2ccccc2)cc1. The van der Waals surface area contributed by atoms with E-state index < -0.39 is 0 Å². The van der Waals surface area contributed by atoms with Crippen LogP contribution in [0.3, 0.4) is 0 Å². The van der Waals surface area contributed by atoms with Crippen molar-refractivity contribution >= 4 is 37.5 Å². The van der Waals surface area contributed by atoms with Gasteiger partial charge in [0.25, 0.3) is 0 Å². The maximum Gasteiger partial charge on any atom is 0.195 e. The largest absolute Gasteiger partial charge is 0.283 e. The molecule has 2 aromatic heterocycles. The second kappa shape index (κ2) is 15.3. The molecule has 11 rings (SSSR count). The topological polar surface area (TPSA) is 17.3 Å². The molecule has 62 heavy (non-hydrogen) atoms. The summed E-state index contributed by atoms with van der Waals surface area (Å²) in [5.41, 5.74) is 21.4. The Morgan fingerprint density at radius 3 is 1.06 bits per heavy atom. The minimum absolute atomic E-state index is 0.0836. The van der Waals surface area contributed by atoms with E-state index >= 15 is 0 Å². The third-order valence-electron chi connectivity index (χ3n) is 12.2. The molecule has 0 saturated carbocycles. The average Bonchev–Trinajstić information content (AvgIpc) is 3.88. The third-order valence-corrected chi connectivity index (χ3v) is 13.3. The van der Waals surface area contributed by atoms with E-state index in [2.05, 4.69) is 237 Å². The van der Waals surface area contributed by atoms with Crippen molar-refractivity contribution in [2.45, 2.75) is 26.2 Å². The van der Waals surface area contributed by atoms with Gasteiger partial charge in [0.1, 0.15) is 0 Å². The van der Waals surface area contributed by atoms with Crippen LogP contribution >= 0.6 is 11.3 Å². The second-order valence-corrected chi connectivity index (χ2v) is 18.0. The number of aromatic nitrogens is 2. The number of imidazole rings is 1. The molecule has 0 aliphatic carbocycles. The summed E-state index contributed by atoms with van der Waals surface area (Å²) in [6.07, 6.45) is 0. The Bertz CT molecular complexity index is 3270. The predicted octanol–water partition coefficient (Wildman–Crippen LogP) is 16.7. The van der Waals surface area contributed by atoms with Crippen LogP contribution in [0, 0.1) is 0 Å². The molecule has 296 valence electrons. The zero-order valence-corrected chi connectivity index (χ0v) is 35.8. The Hall–Kier alpha value is -7.33. The van der Waals surface area contributed by atoms with Crippen LogP contribution in [0.25, 0.3) is 104 Å². The number of para-hydroxylation sites is 2. The van der Waals surface area contributed by atoms with Gasteiger partial charge < -0.3 is 0 Å². The molecule has 0 fully saturated rings. The van der Waals surface area contributed by atoms with Crippen LogP contribution in [-0.4, -0.2) is 9.38 Å². The van der Waals surface area contributed by atoms with Gasteiger partial charge in [0.05, 0.1) is 21.3 Å². The fourth-order valence-electron chi connectivity index (χ4n) is 9.47. The minimum Gasteiger partial charge on any atom is -0.283 e. The molecular formula is C59H44N2S. The molecule has 11 aromatic rings. The molecule has 0 bridgehead atoms. The van der Waals surface area contributed by atoms with Crippen LogP contribution in [0.4, 0.5) is 0 Å². The third kappa shape index (κ3) is 6.36. The van der Waals surface area contributed by atoms with Gasteiger partial charge >= 0.3 is 0 Å². The van der Waals surface area contributed by atoms with Crippen molar-refractivity contribution in [1.82, 2.24) is 9.38 Å². The molecule has 0 aliphatic rings. The molecule has 0 radical (unpaired) electrons. The van der Waals surface area contributed by atoms with E-state index in [0.717, 1.165) is 21.6 Å². The van der Waals surface area contributed by atoms with Crippen molar-refractivity contribution in [1.29, 1.82) is 0 Å². The Balaban J connectivity index is 1.27. The van der Waals surface area contributed by atoms with Crippen LogP contribution in [0.1, 0.15) is 26.3 Å². The summed E-state index contributed by atoms with van der Waals surface area (Å²) in [6, 6.07) is 77.5. The number of fused-ring (bicyclic) bond motifs is 5. The average molecular weight is 813 g/mol. The van der Waals surface area contributed by atoms with E-state index in [4.69, 9.17) is 4.98 Å². The van der Waals surface area contributed by atoms with E-state index in [1.54, 1.807) is 11.3 Å². The maximum absolute atomic E-state index is 5.09.